The van der Waals surface area contributed by atoms with E-state index in [0.29, 0.717) is 0 Å². The van der Waals surface area contributed by atoms with Gasteiger partial charge in [-0.05, 0) is 33.7 Å². The Morgan fingerprint density at radius 3 is 1.69 bits per heavy atom. The van der Waals surface area contributed by atoms with Crippen LogP contribution in [0.25, 0.3) is 0 Å². The molecule has 0 aliphatic heterocycles. The largest absolute Gasteiger partial charge is 0.390 e. The van der Waals surface area contributed by atoms with Crippen LogP contribution in [-0.2, 0) is 0 Å². The van der Waals surface area contributed by atoms with Crippen molar-refractivity contribution in [2.75, 3.05) is 7.05 Å². The van der Waals surface area contributed by atoms with Gasteiger partial charge in [0.2, 0.25) is 0 Å². The van der Waals surface area contributed by atoms with Crippen molar-refractivity contribution in [3.05, 3.63) is 12.7 Å². The molecular weight excluding hydrogens is 162 g/mol. The summed E-state index contributed by atoms with van der Waals surface area (Å²) in [6.45, 7) is 7.19. The molecule has 0 spiro atoms. The predicted molar refractivity (Wildman–Crippen MR) is 59.7 cm³/mol. The third kappa shape index (κ3) is 11.7. The minimum Gasteiger partial charge on any atom is -0.390 e. The summed E-state index contributed by atoms with van der Waals surface area (Å²) in [6, 6.07) is 0. The standard InChI is InChI=1S/C7H14O.C3H6.CH5N/c1-7(8)5-3-2-4-6-7;1-3-2;1-2/h8H,2-6H2,1H3;3H,1H2,2H3;2H2,1H3. The van der Waals surface area contributed by atoms with E-state index in [1.54, 1.807) is 6.08 Å². The fraction of sp³-hybridized carbons (Fsp3) is 0.818. The van der Waals surface area contributed by atoms with Crippen molar-refractivity contribution in [2.24, 2.45) is 5.73 Å². The normalized spacial score (nSPS) is 18.5. The number of rotatable bonds is 0. The zero-order valence-electron chi connectivity index (χ0n) is 9.34. The fourth-order valence-corrected chi connectivity index (χ4v) is 1.31. The molecular formula is C11H25NO. The maximum absolute atomic E-state index is 9.37. The van der Waals surface area contributed by atoms with Crippen LogP contribution in [0.1, 0.15) is 46.0 Å². The molecule has 1 aliphatic rings. The van der Waals surface area contributed by atoms with Crippen LogP contribution in [0, 0.1) is 0 Å². The van der Waals surface area contributed by atoms with Crippen molar-refractivity contribution >= 4 is 0 Å². The molecule has 1 rings (SSSR count). The smallest absolute Gasteiger partial charge is 0.0619 e. The summed E-state index contributed by atoms with van der Waals surface area (Å²) < 4.78 is 0. The molecule has 0 unspecified atom stereocenters. The van der Waals surface area contributed by atoms with Gasteiger partial charge in [0.05, 0.1) is 5.60 Å². The Morgan fingerprint density at radius 1 is 1.23 bits per heavy atom. The lowest BCUT2D eigenvalue weighted by atomic mass is 9.87. The average molecular weight is 187 g/mol. The number of nitrogens with two attached hydrogens (primary N) is 1. The second-order valence-electron chi connectivity index (χ2n) is 3.47. The average Bonchev–Trinajstić information content (AvgIpc) is 2.09. The summed E-state index contributed by atoms with van der Waals surface area (Å²) in [5.41, 5.74) is 4.18. The lowest BCUT2D eigenvalue weighted by molar-refractivity contribution is 0.0225. The third-order valence-electron chi connectivity index (χ3n) is 1.93. The van der Waals surface area contributed by atoms with Crippen LogP contribution in [0.2, 0.25) is 0 Å². The summed E-state index contributed by atoms with van der Waals surface area (Å²) in [5.74, 6) is 0. The summed E-state index contributed by atoms with van der Waals surface area (Å²) in [5, 5.41) is 9.37. The van der Waals surface area contributed by atoms with E-state index in [0.717, 1.165) is 12.8 Å². The maximum Gasteiger partial charge on any atom is 0.0619 e. The van der Waals surface area contributed by atoms with Crippen molar-refractivity contribution in [2.45, 2.75) is 51.6 Å². The maximum atomic E-state index is 9.37. The molecule has 0 aromatic rings. The number of hydrogen-bond acceptors (Lipinski definition) is 2. The minimum atomic E-state index is -0.321. The van der Waals surface area contributed by atoms with Crippen molar-refractivity contribution in [3.8, 4) is 0 Å². The fourth-order valence-electron chi connectivity index (χ4n) is 1.31. The molecule has 13 heavy (non-hydrogen) atoms. The highest BCUT2D eigenvalue weighted by molar-refractivity contribution is 4.76. The van der Waals surface area contributed by atoms with Crippen LogP contribution >= 0.6 is 0 Å². The van der Waals surface area contributed by atoms with Gasteiger partial charge in [0.15, 0.2) is 0 Å². The van der Waals surface area contributed by atoms with Crippen molar-refractivity contribution in [3.63, 3.8) is 0 Å². The van der Waals surface area contributed by atoms with E-state index in [-0.39, 0.29) is 5.60 Å². The Bertz CT molecular complexity index is 103. The van der Waals surface area contributed by atoms with Gasteiger partial charge in [0.1, 0.15) is 0 Å². The van der Waals surface area contributed by atoms with Gasteiger partial charge in [-0.15, -0.1) is 6.58 Å². The molecule has 0 amide bonds. The topological polar surface area (TPSA) is 46.2 Å². The Hall–Kier alpha value is -0.340. The van der Waals surface area contributed by atoms with Gasteiger partial charge in [-0.1, -0.05) is 25.3 Å². The minimum absolute atomic E-state index is 0.321. The molecule has 0 bridgehead atoms. The molecule has 0 aromatic carbocycles. The zero-order valence-corrected chi connectivity index (χ0v) is 9.34. The number of aliphatic hydroxyl groups is 1. The van der Waals surface area contributed by atoms with Crippen LogP contribution in [0.5, 0.6) is 0 Å². The molecule has 1 aliphatic carbocycles. The first-order valence-electron chi connectivity index (χ1n) is 4.99. The Balaban J connectivity index is 0. The predicted octanol–water partition coefficient (Wildman–Crippen LogP) is 2.47. The first-order chi connectivity index (χ1) is 6.12. The van der Waals surface area contributed by atoms with Crippen LogP contribution in [0.3, 0.4) is 0 Å². The van der Waals surface area contributed by atoms with Gasteiger partial charge in [0, 0.05) is 0 Å². The lowest BCUT2D eigenvalue weighted by Crippen LogP contribution is -2.26. The molecule has 0 aromatic heterocycles. The van der Waals surface area contributed by atoms with E-state index >= 15 is 0 Å². The van der Waals surface area contributed by atoms with Crippen LogP contribution in [0.15, 0.2) is 12.7 Å². The molecule has 2 nitrogen and oxygen atoms in total. The Morgan fingerprint density at radius 2 is 1.54 bits per heavy atom. The molecule has 0 atom stereocenters. The highest BCUT2D eigenvalue weighted by Gasteiger charge is 2.22. The zero-order chi connectivity index (χ0) is 10.7. The molecule has 0 radical (unpaired) electrons. The molecule has 0 saturated heterocycles. The van der Waals surface area contributed by atoms with Crippen LogP contribution in [0.4, 0.5) is 0 Å². The van der Waals surface area contributed by atoms with E-state index < -0.39 is 0 Å². The molecule has 3 N–H and O–H groups in total. The Labute approximate surface area is 82.8 Å². The Kier molecular flexibility index (Phi) is 11.4. The quantitative estimate of drug-likeness (QED) is 0.572. The second-order valence-corrected chi connectivity index (χ2v) is 3.47. The summed E-state index contributed by atoms with van der Waals surface area (Å²) >= 11 is 0. The van der Waals surface area contributed by atoms with E-state index in [4.69, 9.17) is 0 Å². The van der Waals surface area contributed by atoms with E-state index in [1.165, 1.54) is 26.3 Å². The van der Waals surface area contributed by atoms with E-state index in [9.17, 15) is 5.11 Å². The van der Waals surface area contributed by atoms with Gasteiger partial charge >= 0.3 is 0 Å². The van der Waals surface area contributed by atoms with Gasteiger partial charge in [-0.2, -0.15) is 0 Å². The lowest BCUT2D eigenvalue weighted by Gasteiger charge is -2.27. The summed E-state index contributed by atoms with van der Waals surface area (Å²) in [6.07, 6.45) is 7.51. The molecule has 80 valence electrons. The monoisotopic (exact) mass is 187 g/mol. The van der Waals surface area contributed by atoms with Gasteiger partial charge in [0.25, 0.3) is 0 Å². The van der Waals surface area contributed by atoms with Gasteiger partial charge in [-0.3, -0.25) is 0 Å². The molecule has 2 heteroatoms. The van der Waals surface area contributed by atoms with Crippen molar-refractivity contribution in [1.82, 2.24) is 0 Å². The van der Waals surface area contributed by atoms with Gasteiger partial charge < -0.3 is 10.8 Å². The number of allylic oxidation sites excluding steroid dienone is 1. The molecule has 1 fully saturated rings. The van der Waals surface area contributed by atoms with Crippen LogP contribution in [-0.4, -0.2) is 17.8 Å². The first-order valence-corrected chi connectivity index (χ1v) is 4.99. The highest BCUT2D eigenvalue weighted by atomic mass is 16.3. The van der Waals surface area contributed by atoms with Crippen LogP contribution < -0.4 is 5.73 Å². The third-order valence-corrected chi connectivity index (χ3v) is 1.93. The van der Waals surface area contributed by atoms with Gasteiger partial charge in [-0.25, -0.2) is 0 Å². The summed E-state index contributed by atoms with van der Waals surface area (Å²) in [4.78, 5) is 0. The first kappa shape index (κ1) is 15.1. The van der Waals surface area contributed by atoms with Crippen molar-refractivity contribution in [1.29, 1.82) is 0 Å². The van der Waals surface area contributed by atoms with E-state index in [2.05, 4.69) is 12.3 Å². The summed E-state index contributed by atoms with van der Waals surface area (Å²) in [7, 11) is 1.50. The highest BCUT2D eigenvalue weighted by Crippen LogP contribution is 2.26. The van der Waals surface area contributed by atoms with Crippen molar-refractivity contribution < 1.29 is 5.11 Å². The second kappa shape index (κ2) is 9.75. The molecule has 0 heterocycles. The number of hydrogen-bond donors (Lipinski definition) is 2. The SMILES string of the molecule is C=CC.CC1(O)CCCCC1.CN. The molecule has 1 saturated carbocycles. The van der Waals surface area contributed by atoms with E-state index in [1.807, 2.05) is 13.8 Å².